The van der Waals surface area contributed by atoms with E-state index in [2.05, 4.69) is 0 Å². The van der Waals surface area contributed by atoms with Crippen molar-refractivity contribution in [1.29, 1.82) is 0 Å². The number of halogens is 1. The standard InChI is InChI=1S/C21H24FNO3/c1-3-26-21(25)13-14-23(16(2)18-7-5-4-6-8-18)20(24)15-17-9-11-19(22)12-10-17/h4-12,16H,3,13-15H2,1-2H3. The molecule has 0 saturated heterocycles. The molecule has 2 rings (SSSR count). The molecule has 0 aliphatic rings. The minimum absolute atomic E-state index is 0.114. The van der Waals surface area contributed by atoms with E-state index < -0.39 is 0 Å². The Morgan fingerprint density at radius 3 is 2.35 bits per heavy atom. The number of benzene rings is 2. The summed E-state index contributed by atoms with van der Waals surface area (Å²) in [5.74, 6) is -0.775. The maximum Gasteiger partial charge on any atom is 0.307 e. The van der Waals surface area contributed by atoms with Gasteiger partial charge in [-0.2, -0.15) is 0 Å². The molecule has 138 valence electrons. The van der Waals surface area contributed by atoms with Gasteiger partial charge < -0.3 is 9.64 Å². The summed E-state index contributed by atoms with van der Waals surface area (Å²) in [5.41, 5.74) is 1.72. The first kappa shape index (κ1) is 19.6. The first-order chi connectivity index (χ1) is 12.5. The van der Waals surface area contributed by atoms with Gasteiger partial charge >= 0.3 is 5.97 Å². The average Bonchev–Trinajstić information content (AvgIpc) is 2.64. The highest BCUT2D eigenvalue weighted by Crippen LogP contribution is 2.21. The Morgan fingerprint density at radius 1 is 1.08 bits per heavy atom. The van der Waals surface area contributed by atoms with Gasteiger partial charge in [-0.15, -0.1) is 0 Å². The Kier molecular flexibility index (Phi) is 7.33. The molecule has 0 aliphatic heterocycles. The summed E-state index contributed by atoms with van der Waals surface area (Å²) >= 11 is 0. The van der Waals surface area contributed by atoms with Crippen molar-refractivity contribution in [3.05, 3.63) is 71.5 Å². The molecule has 1 amide bonds. The number of rotatable bonds is 8. The predicted octanol–water partition coefficient (Wildman–Crippen LogP) is 3.91. The van der Waals surface area contributed by atoms with Crippen LogP contribution >= 0.6 is 0 Å². The molecule has 1 unspecified atom stereocenters. The van der Waals surface area contributed by atoms with Crippen LogP contribution in [0.25, 0.3) is 0 Å². The lowest BCUT2D eigenvalue weighted by Crippen LogP contribution is -2.36. The lowest BCUT2D eigenvalue weighted by Gasteiger charge is -2.29. The number of nitrogens with zero attached hydrogens (tertiary/aromatic N) is 1. The summed E-state index contributed by atoms with van der Waals surface area (Å²) in [5, 5.41) is 0. The number of amides is 1. The summed E-state index contributed by atoms with van der Waals surface area (Å²) in [6, 6.07) is 15.4. The number of hydrogen-bond donors (Lipinski definition) is 0. The Hall–Kier alpha value is -2.69. The zero-order valence-corrected chi connectivity index (χ0v) is 15.2. The quantitative estimate of drug-likeness (QED) is 0.673. The van der Waals surface area contributed by atoms with Gasteiger partial charge in [-0.05, 0) is 37.1 Å². The van der Waals surface area contributed by atoms with Gasteiger partial charge in [-0.25, -0.2) is 4.39 Å². The summed E-state index contributed by atoms with van der Waals surface area (Å²) in [7, 11) is 0. The first-order valence-corrected chi connectivity index (χ1v) is 8.75. The van der Waals surface area contributed by atoms with E-state index in [0.717, 1.165) is 11.1 Å². The SMILES string of the molecule is CCOC(=O)CCN(C(=O)Cc1ccc(F)cc1)C(C)c1ccccc1. The van der Waals surface area contributed by atoms with Crippen molar-refractivity contribution in [2.45, 2.75) is 32.7 Å². The predicted molar refractivity (Wildman–Crippen MR) is 97.9 cm³/mol. The van der Waals surface area contributed by atoms with Gasteiger partial charge in [0.05, 0.1) is 25.5 Å². The molecule has 0 heterocycles. The van der Waals surface area contributed by atoms with Crippen LogP contribution in [0.2, 0.25) is 0 Å². The number of carbonyl (C=O) groups excluding carboxylic acids is 2. The summed E-state index contributed by atoms with van der Waals surface area (Å²) in [6.45, 7) is 4.27. The Bertz CT molecular complexity index is 716. The Morgan fingerprint density at radius 2 is 1.73 bits per heavy atom. The Labute approximate surface area is 153 Å². The van der Waals surface area contributed by atoms with E-state index in [-0.39, 0.29) is 43.1 Å². The number of esters is 1. The third-order valence-electron chi connectivity index (χ3n) is 4.20. The molecule has 1 atom stereocenters. The largest absolute Gasteiger partial charge is 0.466 e. The van der Waals surface area contributed by atoms with Gasteiger partial charge in [0.15, 0.2) is 0 Å². The number of ether oxygens (including phenoxy) is 1. The molecular formula is C21H24FNO3. The molecular weight excluding hydrogens is 333 g/mol. The van der Waals surface area contributed by atoms with Crippen molar-refractivity contribution >= 4 is 11.9 Å². The topological polar surface area (TPSA) is 46.6 Å². The van der Waals surface area contributed by atoms with E-state index in [1.54, 1.807) is 24.0 Å². The average molecular weight is 357 g/mol. The normalized spacial score (nSPS) is 11.7. The molecule has 0 aliphatic carbocycles. The van der Waals surface area contributed by atoms with Crippen LogP contribution in [0.15, 0.2) is 54.6 Å². The maximum absolute atomic E-state index is 13.1. The lowest BCUT2D eigenvalue weighted by atomic mass is 10.0. The van der Waals surface area contributed by atoms with E-state index >= 15 is 0 Å². The third-order valence-corrected chi connectivity index (χ3v) is 4.20. The zero-order valence-electron chi connectivity index (χ0n) is 15.2. The van der Waals surface area contributed by atoms with Crippen LogP contribution in [0.3, 0.4) is 0 Å². The van der Waals surface area contributed by atoms with Crippen LogP contribution in [0.1, 0.15) is 37.4 Å². The smallest absolute Gasteiger partial charge is 0.307 e. The van der Waals surface area contributed by atoms with E-state index in [1.165, 1.54) is 12.1 Å². The van der Waals surface area contributed by atoms with Gasteiger partial charge in [0.1, 0.15) is 5.82 Å². The van der Waals surface area contributed by atoms with Gasteiger partial charge in [-0.3, -0.25) is 9.59 Å². The van der Waals surface area contributed by atoms with Crippen LogP contribution < -0.4 is 0 Å². The maximum atomic E-state index is 13.1. The summed E-state index contributed by atoms with van der Waals surface area (Å²) in [6.07, 6.45) is 0.292. The van der Waals surface area contributed by atoms with E-state index in [0.29, 0.717) is 6.61 Å². The molecule has 2 aromatic rings. The second-order valence-corrected chi connectivity index (χ2v) is 6.03. The molecule has 26 heavy (non-hydrogen) atoms. The number of hydrogen-bond acceptors (Lipinski definition) is 3. The molecule has 0 saturated carbocycles. The van der Waals surface area contributed by atoms with Crippen molar-refractivity contribution in [2.24, 2.45) is 0 Å². The van der Waals surface area contributed by atoms with E-state index in [9.17, 15) is 14.0 Å². The first-order valence-electron chi connectivity index (χ1n) is 8.75. The zero-order chi connectivity index (χ0) is 18.9. The minimum atomic E-state index is -0.335. The van der Waals surface area contributed by atoms with E-state index in [4.69, 9.17) is 4.74 Å². The third kappa shape index (κ3) is 5.69. The monoisotopic (exact) mass is 357 g/mol. The van der Waals surface area contributed by atoms with Gasteiger partial charge in [-0.1, -0.05) is 42.5 Å². The Balaban J connectivity index is 2.14. The fraction of sp³-hybridized carbons (Fsp3) is 0.333. The second kappa shape index (κ2) is 9.70. The second-order valence-electron chi connectivity index (χ2n) is 6.03. The van der Waals surface area contributed by atoms with Crippen molar-refractivity contribution < 1.29 is 18.7 Å². The van der Waals surface area contributed by atoms with Gasteiger partial charge in [0, 0.05) is 6.54 Å². The fourth-order valence-corrected chi connectivity index (χ4v) is 2.77. The highest BCUT2D eigenvalue weighted by molar-refractivity contribution is 5.80. The van der Waals surface area contributed by atoms with Crippen LogP contribution in [-0.4, -0.2) is 29.9 Å². The molecule has 0 aromatic heterocycles. The van der Waals surface area contributed by atoms with Crippen molar-refractivity contribution in [3.63, 3.8) is 0 Å². The van der Waals surface area contributed by atoms with E-state index in [1.807, 2.05) is 37.3 Å². The molecule has 4 nitrogen and oxygen atoms in total. The van der Waals surface area contributed by atoms with Crippen LogP contribution in [0.5, 0.6) is 0 Å². The molecule has 0 bridgehead atoms. The molecule has 5 heteroatoms. The minimum Gasteiger partial charge on any atom is -0.466 e. The molecule has 0 fully saturated rings. The lowest BCUT2D eigenvalue weighted by molar-refractivity contribution is -0.144. The summed E-state index contributed by atoms with van der Waals surface area (Å²) < 4.78 is 18.0. The van der Waals surface area contributed by atoms with Crippen LogP contribution in [-0.2, 0) is 20.7 Å². The van der Waals surface area contributed by atoms with Gasteiger partial charge in [0.2, 0.25) is 5.91 Å². The molecule has 0 radical (unpaired) electrons. The molecule has 2 aromatic carbocycles. The van der Waals surface area contributed by atoms with Crippen molar-refractivity contribution in [3.8, 4) is 0 Å². The molecule has 0 N–H and O–H groups in total. The molecule has 0 spiro atoms. The van der Waals surface area contributed by atoms with Crippen LogP contribution in [0.4, 0.5) is 4.39 Å². The fourth-order valence-electron chi connectivity index (χ4n) is 2.77. The van der Waals surface area contributed by atoms with Crippen molar-refractivity contribution in [2.75, 3.05) is 13.2 Å². The van der Waals surface area contributed by atoms with Gasteiger partial charge in [0.25, 0.3) is 0 Å². The highest BCUT2D eigenvalue weighted by atomic mass is 19.1. The van der Waals surface area contributed by atoms with Crippen molar-refractivity contribution in [1.82, 2.24) is 4.90 Å². The van der Waals surface area contributed by atoms with Crippen LogP contribution in [0, 0.1) is 5.82 Å². The number of carbonyl (C=O) groups is 2. The highest BCUT2D eigenvalue weighted by Gasteiger charge is 2.22. The summed E-state index contributed by atoms with van der Waals surface area (Å²) in [4.78, 5) is 26.3.